The van der Waals surface area contributed by atoms with E-state index in [4.69, 9.17) is 14.2 Å². The van der Waals surface area contributed by atoms with Gasteiger partial charge in [-0.05, 0) is 36.2 Å². The van der Waals surface area contributed by atoms with E-state index in [0.29, 0.717) is 23.5 Å². The number of esters is 1. The number of hydrazine groups is 1. The molecule has 0 saturated heterocycles. The number of carbonyl (C=O) groups excluding carboxylic acids is 3. The average molecular weight is 386 g/mol. The Morgan fingerprint density at radius 3 is 2.29 bits per heavy atom. The van der Waals surface area contributed by atoms with E-state index in [1.54, 1.807) is 49.6 Å². The quantitative estimate of drug-likeness (QED) is 0.528. The highest BCUT2D eigenvalue weighted by Gasteiger charge is 2.11. The highest BCUT2D eigenvalue weighted by molar-refractivity contribution is 5.95. The second kappa shape index (κ2) is 10.6. The van der Waals surface area contributed by atoms with Gasteiger partial charge in [-0.25, -0.2) is 0 Å². The maximum Gasteiger partial charge on any atom is 0.306 e. The number of methoxy groups -OCH3 is 2. The van der Waals surface area contributed by atoms with Gasteiger partial charge in [-0.15, -0.1) is 0 Å². The highest BCUT2D eigenvalue weighted by Crippen LogP contribution is 2.27. The van der Waals surface area contributed by atoms with Crippen LogP contribution in [-0.4, -0.2) is 38.6 Å². The zero-order chi connectivity index (χ0) is 20.4. The number of amides is 2. The summed E-state index contributed by atoms with van der Waals surface area (Å²) in [6.07, 6.45) is 0.519. The Morgan fingerprint density at radius 2 is 1.61 bits per heavy atom. The number of carbonyl (C=O) groups is 3. The largest absolute Gasteiger partial charge is 0.493 e. The summed E-state index contributed by atoms with van der Waals surface area (Å²) in [6, 6.07) is 13.7. The Bertz CT molecular complexity index is 823. The van der Waals surface area contributed by atoms with Crippen molar-refractivity contribution in [2.45, 2.75) is 12.8 Å². The number of nitrogens with one attached hydrogen (secondary N) is 2. The van der Waals surface area contributed by atoms with Gasteiger partial charge in [0.15, 0.2) is 18.1 Å². The number of rotatable bonds is 8. The molecule has 0 aliphatic carbocycles. The van der Waals surface area contributed by atoms with Crippen molar-refractivity contribution in [3.8, 4) is 11.5 Å². The Balaban J connectivity index is 1.70. The summed E-state index contributed by atoms with van der Waals surface area (Å²) >= 11 is 0. The average Bonchev–Trinajstić information content (AvgIpc) is 2.74. The molecule has 8 nitrogen and oxygen atoms in total. The molecule has 0 aliphatic heterocycles. The van der Waals surface area contributed by atoms with Gasteiger partial charge in [0.1, 0.15) is 0 Å². The lowest BCUT2D eigenvalue weighted by Gasteiger charge is -2.10. The molecule has 2 aromatic rings. The summed E-state index contributed by atoms with van der Waals surface area (Å²) in [5, 5.41) is 0. The van der Waals surface area contributed by atoms with E-state index in [1.807, 2.05) is 6.07 Å². The van der Waals surface area contributed by atoms with Crippen LogP contribution in [0.2, 0.25) is 0 Å². The van der Waals surface area contributed by atoms with Crippen LogP contribution in [-0.2, 0) is 20.7 Å². The van der Waals surface area contributed by atoms with Crippen molar-refractivity contribution in [1.29, 1.82) is 0 Å². The zero-order valence-corrected chi connectivity index (χ0v) is 15.7. The summed E-state index contributed by atoms with van der Waals surface area (Å²) in [5.74, 6) is -0.457. The number of hydrogen-bond donors (Lipinski definition) is 2. The Hall–Kier alpha value is -3.55. The molecular weight excluding hydrogens is 364 g/mol. The maximum absolute atomic E-state index is 11.8. The molecule has 0 aromatic heterocycles. The summed E-state index contributed by atoms with van der Waals surface area (Å²) in [5.41, 5.74) is 5.71. The van der Waals surface area contributed by atoms with Crippen LogP contribution in [0.25, 0.3) is 0 Å². The van der Waals surface area contributed by atoms with Gasteiger partial charge in [0, 0.05) is 12.0 Å². The molecular formula is C20H22N2O6. The van der Waals surface area contributed by atoms with Gasteiger partial charge in [-0.3, -0.25) is 25.2 Å². The van der Waals surface area contributed by atoms with Crippen molar-refractivity contribution >= 4 is 17.8 Å². The van der Waals surface area contributed by atoms with Crippen LogP contribution in [0.3, 0.4) is 0 Å². The summed E-state index contributed by atoms with van der Waals surface area (Å²) in [6.45, 7) is -0.486. The molecule has 2 amide bonds. The first-order valence-corrected chi connectivity index (χ1v) is 8.54. The van der Waals surface area contributed by atoms with Gasteiger partial charge in [0.05, 0.1) is 14.2 Å². The van der Waals surface area contributed by atoms with E-state index in [0.717, 1.165) is 5.56 Å². The van der Waals surface area contributed by atoms with Crippen molar-refractivity contribution < 1.29 is 28.6 Å². The minimum atomic E-state index is -0.635. The maximum atomic E-state index is 11.8. The van der Waals surface area contributed by atoms with Crippen LogP contribution in [0.15, 0.2) is 48.5 Å². The Morgan fingerprint density at radius 1 is 0.893 bits per heavy atom. The SMILES string of the molecule is COc1ccc(CCC(=O)OCC(=O)NNC(=O)c2ccccc2)cc1OC. The molecule has 0 radical (unpaired) electrons. The van der Waals surface area contributed by atoms with E-state index in [1.165, 1.54) is 7.11 Å². The third-order valence-corrected chi connectivity index (χ3v) is 3.78. The molecule has 8 heteroatoms. The van der Waals surface area contributed by atoms with E-state index >= 15 is 0 Å². The molecule has 2 rings (SSSR count). The van der Waals surface area contributed by atoms with Crippen molar-refractivity contribution in [1.82, 2.24) is 10.9 Å². The molecule has 0 heterocycles. The predicted molar refractivity (Wildman–Crippen MR) is 101 cm³/mol. The monoisotopic (exact) mass is 386 g/mol. The fourth-order valence-corrected chi connectivity index (χ4v) is 2.33. The zero-order valence-electron chi connectivity index (χ0n) is 15.7. The standard InChI is InChI=1S/C20H22N2O6/c1-26-16-10-8-14(12-17(16)27-2)9-11-19(24)28-13-18(23)21-22-20(25)15-6-4-3-5-7-15/h3-8,10,12H,9,11,13H2,1-2H3,(H,21,23)(H,22,25). The van der Waals surface area contributed by atoms with Gasteiger partial charge >= 0.3 is 5.97 Å². The van der Waals surface area contributed by atoms with Crippen molar-refractivity contribution in [2.24, 2.45) is 0 Å². The van der Waals surface area contributed by atoms with Gasteiger partial charge in [-0.2, -0.15) is 0 Å². The van der Waals surface area contributed by atoms with Crippen molar-refractivity contribution in [3.63, 3.8) is 0 Å². The minimum absolute atomic E-state index is 0.0964. The smallest absolute Gasteiger partial charge is 0.306 e. The van der Waals surface area contributed by atoms with Gasteiger partial charge in [0.2, 0.25) is 0 Å². The van der Waals surface area contributed by atoms with Crippen molar-refractivity contribution in [3.05, 3.63) is 59.7 Å². The molecule has 0 spiro atoms. The second-order valence-electron chi connectivity index (χ2n) is 5.72. The third-order valence-electron chi connectivity index (χ3n) is 3.78. The molecule has 0 bridgehead atoms. The normalized spacial score (nSPS) is 9.93. The minimum Gasteiger partial charge on any atom is -0.493 e. The number of aryl methyl sites for hydroxylation is 1. The lowest BCUT2D eigenvalue weighted by Crippen LogP contribution is -2.43. The lowest BCUT2D eigenvalue weighted by molar-refractivity contribution is -0.148. The van der Waals surface area contributed by atoms with Crippen LogP contribution in [0.4, 0.5) is 0 Å². The third kappa shape index (κ3) is 6.31. The lowest BCUT2D eigenvalue weighted by atomic mass is 10.1. The van der Waals surface area contributed by atoms with Crippen LogP contribution < -0.4 is 20.3 Å². The summed E-state index contributed by atoms with van der Waals surface area (Å²) < 4.78 is 15.3. The molecule has 0 atom stereocenters. The van der Waals surface area contributed by atoms with E-state index in [-0.39, 0.29) is 6.42 Å². The number of hydrogen-bond acceptors (Lipinski definition) is 6. The first-order chi connectivity index (χ1) is 13.5. The predicted octanol–water partition coefficient (Wildman–Crippen LogP) is 1.64. The van der Waals surface area contributed by atoms with Gasteiger partial charge in [-0.1, -0.05) is 24.3 Å². The topological polar surface area (TPSA) is 103 Å². The van der Waals surface area contributed by atoms with E-state index < -0.39 is 24.4 Å². The fraction of sp³-hybridized carbons (Fsp3) is 0.250. The number of benzene rings is 2. The van der Waals surface area contributed by atoms with E-state index in [9.17, 15) is 14.4 Å². The van der Waals surface area contributed by atoms with Crippen LogP contribution in [0, 0.1) is 0 Å². The molecule has 2 N–H and O–H groups in total. The van der Waals surface area contributed by atoms with Crippen molar-refractivity contribution in [2.75, 3.05) is 20.8 Å². The van der Waals surface area contributed by atoms with E-state index in [2.05, 4.69) is 10.9 Å². The van der Waals surface area contributed by atoms with Crippen LogP contribution in [0.5, 0.6) is 11.5 Å². The Labute approximate surface area is 162 Å². The number of ether oxygens (including phenoxy) is 3. The Kier molecular flexibility index (Phi) is 7.83. The summed E-state index contributed by atoms with van der Waals surface area (Å²) in [4.78, 5) is 35.3. The molecule has 0 fully saturated rings. The molecule has 148 valence electrons. The van der Waals surface area contributed by atoms with Gasteiger partial charge < -0.3 is 14.2 Å². The molecule has 2 aromatic carbocycles. The summed E-state index contributed by atoms with van der Waals surface area (Å²) in [7, 11) is 3.08. The molecule has 0 aliphatic rings. The molecule has 28 heavy (non-hydrogen) atoms. The van der Waals surface area contributed by atoms with Crippen LogP contribution in [0.1, 0.15) is 22.3 Å². The second-order valence-corrected chi connectivity index (χ2v) is 5.72. The van der Waals surface area contributed by atoms with Crippen LogP contribution >= 0.6 is 0 Å². The fourth-order valence-electron chi connectivity index (χ4n) is 2.33. The first kappa shape index (κ1) is 20.8. The molecule has 0 unspecified atom stereocenters. The highest BCUT2D eigenvalue weighted by atomic mass is 16.5. The first-order valence-electron chi connectivity index (χ1n) is 8.54. The molecule has 0 saturated carbocycles. The van der Waals surface area contributed by atoms with Gasteiger partial charge in [0.25, 0.3) is 11.8 Å².